The van der Waals surface area contributed by atoms with Crippen LogP contribution in [0, 0.1) is 11.8 Å². The Kier molecular flexibility index (Phi) is 3.31. The molecule has 3 nitrogen and oxygen atoms in total. The van der Waals surface area contributed by atoms with Crippen LogP contribution in [0.5, 0.6) is 0 Å². The minimum atomic E-state index is -0.648. The molecule has 19 heavy (non-hydrogen) atoms. The zero-order valence-electron chi connectivity index (χ0n) is 11.4. The molecule has 0 spiro atoms. The van der Waals surface area contributed by atoms with E-state index < -0.39 is 5.97 Å². The molecule has 0 amide bonds. The normalized spacial score (nSPS) is 27.6. The van der Waals surface area contributed by atoms with E-state index in [0.717, 1.165) is 19.0 Å². The van der Waals surface area contributed by atoms with Crippen molar-refractivity contribution in [2.45, 2.75) is 32.2 Å². The summed E-state index contributed by atoms with van der Waals surface area (Å²) in [6.45, 7) is 4.54. The number of carboxylic acid groups (broad SMARTS) is 1. The van der Waals surface area contributed by atoms with Gasteiger partial charge in [0.15, 0.2) is 0 Å². The number of carbonyl (C=O) groups is 1. The highest BCUT2D eigenvalue weighted by Crippen LogP contribution is 2.42. The Morgan fingerprint density at radius 1 is 1.32 bits per heavy atom. The van der Waals surface area contributed by atoms with Crippen LogP contribution in [-0.2, 0) is 11.3 Å². The highest BCUT2D eigenvalue weighted by atomic mass is 16.4. The van der Waals surface area contributed by atoms with Gasteiger partial charge in [0.25, 0.3) is 0 Å². The van der Waals surface area contributed by atoms with Gasteiger partial charge in [0.1, 0.15) is 0 Å². The van der Waals surface area contributed by atoms with Gasteiger partial charge in [-0.15, -0.1) is 0 Å². The smallest absolute Gasteiger partial charge is 0.308 e. The molecule has 0 unspecified atom stereocenters. The van der Waals surface area contributed by atoms with E-state index in [4.69, 9.17) is 0 Å². The van der Waals surface area contributed by atoms with Gasteiger partial charge in [-0.25, -0.2) is 0 Å². The molecule has 1 heterocycles. The number of rotatable bonds is 4. The van der Waals surface area contributed by atoms with Crippen molar-refractivity contribution >= 4 is 5.97 Å². The van der Waals surface area contributed by atoms with E-state index in [2.05, 4.69) is 29.2 Å². The third kappa shape index (κ3) is 2.66. The number of carboxylic acids is 1. The van der Waals surface area contributed by atoms with Crippen molar-refractivity contribution in [3.63, 3.8) is 0 Å². The van der Waals surface area contributed by atoms with Gasteiger partial charge in [-0.2, -0.15) is 0 Å². The molecule has 2 atom stereocenters. The van der Waals surface area contributed by atoms with E-state index in [1.165, 1.54) is 24.0 Å². The predicted octanol–water partition coefficient (Wildman–Crippen LogP) is 2.72. The lowest BCUT2D eigenvalue weighted by molar-refractivity contribution is -0.142. The van der Waals surface area contributed by atoms with Gasteiger partial charge in [-0.05, 0) is 35.8 Å². The van der Waals surface area contributed by atoms with Crippen LogP contribution >= 0.6 is 0 Å². The molecular weight excluding hydrogens is 238 g/mol. The molecule has 1 aliphatic carbocycles. The van der Waals surface area contributed by atoms with Crippen molar-refractivity contribution in [1.29, 1.82) is 0 Å². The lowest BCUT2D eigenvalue weighted by Gasteiger charge is -2.18. The second-order valence-corrected chi connectivity index (χ2v) is 6.09. The fraction of sp³-hybridized carbons (Fsp3) is 0.562. The van der Waals surface area contributed by atoms with Crippen molar-refractivity contribution < 1.29 is 9.90 Å². The maximum atomic E-state index is 11.2. The third-order valence-corrected chi connectivity index (χ3v) is 4.47. The van der Waals surface area contributed by atoms with Crippen LogP contribution in [0.1, 0.15) is 36.8 Å². The Balaban J connectivity index is 1.71. The zero-order valence-corrected chi connectivity index (χ0v) is 11.4. The van der Waals surface area contributed by atoms with Crippen LogP contribution in [0.4, 0.5) is 0 Å². The summed E-state index contributed by atoms with van der Waals surface area (Å²) in [6, 6.07) is 8.65. The minimum Gasteiger partial charge on any atom is -0.481 e. The predicted molar refractivity (Wildman–Crippen MR) is 74.0 cm³/mol. The summed E-state index contributed by atoms with van der Waals surface area (Å²) in [5.41, 5.74) is 2.87. The average molecular weight is 259 g/mol. The molecule has 1 aromatic carbocycles. The molecule has 1 aromatic rings. The van der Waals surface area contributed by atoms with Crippen molar-refractivity contribution in [3.8, 4) is 0 Å². The Morgan fingerprint density at radius 2 is 2.05 bits per heavy atom. The summed E-state index contributed by atoms with van der Waals surface area (Å²) in [7, 11) is 0. The molecule has 0 bridgehead atoms. The van der Waals surface area contributed by atoms with Gasteiger partial charge in [0, 0.05) is 19.6 Å². The quantitative estimate of drug-likeness (QED) is 0.903. The summed E-state index contributed by atoms with van der Waals surface area (Å²) >= 11 is 0. The average Bonchev–Trinajstić information content (AvgIpc) is 3.14. The third-order valence-electron chi connectivity index (χ3n) is 4.47. The van der Waals surface area contributed by atoms with E-state index >= 15 is 0 Å². The number of hydrogen-bond acceptors (Lipinski definition) is 2. The number of aliphatic carboxylic acids is 1. The van der Waals surface area contributed by atoms with Crippen LogP contribution in [0.15, 0.2) is 24.3 Å². The Hall–Kier alpha value is -1.35. The standard InChI is InChI=1S/C16H21NO2/c1-11-8-17(10-15(11)16(18)19)9-13-4-2-3-5-14(13)12-6-7-12/h2-5,11-12,15H,6-10H2,1H3,(H,18,19)/t11-,15-/m1/s1. The second kappa shape index (κ2) is 4.97. The number of hydrogen-bond donors (Lipinski definition) is 1. The van der Waals surface area contributed by atoms with E-state index in [-0.39, 0.29) is 11.8 Å². The first-order chi connectivity index (χ1) is 9.15. The van der Waals surface area contributed by atoms with Crippen molar-refractivity contribution in [2.24, 2.45) is 11.8 Å². The fourth-order valence-electron chi connectivity index (χ4n) is 3.23. The van der Waals surface area contributed by atoms with E-state index in [1.54, 1.807) is 0 Å². The summed E-state index contributed by atoms with van der Waals surface area (Å²) < 4.78 is 0. The monoisotopic (exact) mass is 259 g/mol. The summed E-state index contributed by atoms with van der Waals surface area (Å²) in [5.74, 6) is 0.163. The van der Waals surface area contributed by atoms with Crippen LogP contribution in [0.3, 0.4) is 0 Å². The molecule has 2 fully saturated rings. The molecule has 1 aliphatic heterocycles. The maximum Gasteiger partial charge on any atom is 0.308 e. The van der Waals surface area contributed by atoms with Crippen molar-refractivity contribution in [2.75, 3.05) is 13.1 Å². The molecule has 102 valence electrons. The summed E-state index contributed by atoms with van der Waals surface area (Å²) in [5, 5.41) is 9.19. The molecule has 0 radical (unpaired) electrons. The van der Waals surface area contributed by atoms with Crippen molar-refractivity contribution in [1.82, 2.24) is 4.90 Å². The fourth-order valence-corrected chi connectivity index (χ4v) is 3.23. The number of benzene rings is 1. The molecule has 1 saturated carbocycles. The molecule has 0 aromatic heterocycles. The molecule has 1 saturated heterocycles. The SMILES string of the molecule is C[C@@H]1CN(Cc2ccccc2C2CC2)C[C@H]1C(=O)O. The molecule has 1 N–H and O–H groups in total. The van der Waals surface area contributed by atoms with Gasteiger partial charge in [-0.3, -0.25) is 9.69 Å². The Morgan fingerprint density at radius 3 is 2.68 bits per heavy atom. The maximum absolute atomic E-state index is 11.2. The van der Waals surface area contributed by atoms with Gasteiger partial charge in [0.05, 0.1) is 5.92 Å². The van der Waals surface area contributed by atoms with Gasteiger partial charge in [-0.1, -0.05) is 31.2 Å². The van der Waals surface area contributed by atoms with Gasteiger partial charge < -0.3 is 5.11 Å². The van der Waals surface area contributed by atoms with Gasteiger partial charge >= 0.3 is 5.97 Å². The highest BCUT2D eigenvalue weighted by molar-refractivity contribution is 5.71. The second-order valence-electron chi connectivity index (χ2n) is 6.09. The highest BCUT2D eigenvalue weighted by Gasteiger charge is 2.35. The first-order valence-electron chi connectivity index (χ1n) is 7.18. The van der Waals surface area contributed by atoms with E-state index in [1.807, 2.05) is 6.92 Å². The van der Waals surface area contributed by atoms with Crippen molar-refractivity contribution in [3.05, 3.63) is 35.4 Å². The van der Waals surface area contributed by atoms with Crippen LogP contribution in [0.25, 0.3) is 0 Å². The van der Waals surface area contributed by atoms with Crippen LogP contribution < -0.4 is 0 Å². The topological polar surface area (TPSA) is 40.5 Å². The lowest BCUT2D eigenvalue weighted by atomic mass is 9.99. The molecule has 3 heteroatoms. The Labute approximate surface area is 114 Å². The summed E-state index contributed by atoms with van der Waals surface area (Å²) in [4.78, 5) is 13.5. The first-order valence-corrected chi connectivity index (χ1v) is 7.18. The Bertz CT molecular complexity index is 481. The molecule has 2 aliphatic rings. The van der Waals surface area contributed by atoms with Crippen LogP contribution in [-0.4, -0.2) is 29.1 Å². The number of nitrogens with zero attached hydrogens (tertiary/aromatic N) is 1. The lowest BCUT2D eigenvalue weighted by Crippen LogP contribution is -2.23. The number of likely N-dealkylation sites (tertiary alicyclic amines) is 1. The zero-order chi connectivity index (χ0) is 13.4. The molecular formula is C16H21NO2. The van der Waals surface area contributed by atoms with E-state index in [9.17, 15) is 9.90 Å². The van der Waals surface area contributed by atoms with E-state index in [0.29, 0.717) is 6.54 Å². The largest absolute Gasteiger partial charge is 0.481 e. The van der Waals surface area contributed by atoms with Gasteiger partial charge in [0.2, 0.25) is 0 Å². The first kappa shape index (κ1) is 12.7. The van der Waals surface area contributed by atoms with Crippen LogP contribution in [0.2, 0.25) is 0 Å². The minimum absolute atomic E-state index is 0.201. The summed E-state index contributed by atoms with van der Waals surface area (Å²) in [6.07, 6.45) is 2.62. The molecule has 3 rings (SSSR count).